The fourth-order valence-electron chi connectivity index (χ4n) is 2.24. The lowest BCUT2D eigenvalue weighted by Crippen LogP contribution is -2.35. The van der Waals surface area contributed by atoms with Gasteiger partial charge in [-0.2, -0.15) is 4.31 Å². The highest BCUT2D eigenvalue weighted by Gasteiger charge is 2.23. The van der Waals surface area contributed by atoms with Crippen LogP contribution < -0.4 is 10.1 Å². The van der Waals surface area contributed by atoms with Crippen LogP contribution in [0.1, 0.15) is 0 Å². The molecule has 10 heteroatoms. The molecule has 2 rings (SSSR count). The van der Waals surface area contributed by atoms with Crippen LogP contribution in [0.3, 0.4) is 0 Å². The lowest BCUT2D eigenvalue weighted by molar-refractivity contribution is -0.116. The number of halogens is 2. The topological polar surface area (TPSA) is 84.9 Å². The van der Waals surface area contributed by atoms with Gasteiger partial charge in [0.2, 0.25) is 15.9 Å². The van der Waals surface area contributed by atoms with Crippen molar-refractivity contribution < 1.29 is 27.1 Å². The van der Waals surface area contributed by atoms with Gasteiger partial charge in [-0.25, -0.2) is 12.8 Å². The van der Waals surface area contributed by atoms with E-state index in [1.807, 2.05) is 0 Å². The third-order valence-electron chi connectivity index (χ3n) is 3.66. The summed E-state index contributed by atoms with van der Waals surface area (Å²) in [5.41, 5.74) is 0.307. The molecule has 7 nitrogen and oxygen atoms in total. The summed E-state index contributed by atoms with van der Waals surface area (Å²) < 4.78 is 49.3. The number of para-hydroxylation sites is 1. The van der Waals surface area contributed by atoms with Crippen molar-refractivity contribution >= 4 is 33.2 Å². The monoisotopic (exact) mass is 430 g/mol. The van der Waals surface area contributed by atoms with Crippen LogP contribution in [-0.4, -0.2) is 52.5 Å². The molecule has 0 aromatic heterocycles. The second kappa shape index (κ2) is 9.83. The number of ether oxygens (including phenoxy) is 2. The van der Waals surface area contributed by atoms with E-state index in [0.29, 0.717) is 17.3 Å². The summed E-state index contributed by atoms with van der Waals surface area (Å²) in [5, 5.41) is 2.88. The summed E-state index contributed by atoms with van der Waals surface area (Å²) in [6, 6.07) is 9.16. The van der Waals surface area contributed by atoms with Gasteiger partial charge in [0.25, 0.3) is 0 Å². The van der Waals surface area contributed by atoms with Gasteiger partial charge in [0.15, 0.2) is 5.75 Å². The zero-order valence-electron chi connectivity index (χ0n) is 15.3. The van der Waals surface area contributed by atoms with Crippen molar-refractivity contribution in [2.24, 2.45) is 0 Å². The van der Waals surface area contributed by atoms with E-state index in [1.165, 1.54) is 14.2 Å². The van der Waals surface area contributed by atoms with Gasteiger partial charge in [-0.1, -0.05) is 17.7 Å². The quantitative estimate of drug-likeness (QED) is 0.618. The summed E-state index contributed by atoms with van der Waals surface area (Å²) in [7, 11) is -1.17. The fraction of sp³-hybridized carbons (Fsp3) is 0.278. The number of likely N-dealkylation sites (N-methyl/N-ethyl adjacent to an activating group) is 1. The number of anilines is 1. The normalized spacial score (nSPS) is 11.5. The molecule has 0 saturated carbocycles. The number of benzene rings is 2. The van der Waals surface area contributed by atoms with Crippen molar-refractivity contribution in [1.82, 2.24) is 4.31 Å². The van der Waals surface area contributed by atoms with Crippen LogP contribution in [0.25, 0.3) is 0 Å². The average molecular weight is 431 g/mol. The lowest BCUT2D eigenvalue weighted by atomic mass is 10.3. The predicted molar refractivity (Wildman–Crippen MR) is 104 cm³/mol. The smallest absolute Gasteiger partial charge is 0.243 e. The van der Waals surface area contributed by atoms with E-state index in [9.17, 15) is 17.6 Å². The van der Waals surface area contributed by atoms with Crippen molar-refractivity contribution in [3.63, 3.8) is 0 Å². The Morgan fingerprint density at radius 2 is 1.86 bits per heavy atom. The molecule has 1 N–H and O–H groups in total. The molecule has 2 aromatic carbocycles. The molecule has 0 radical (unpaired) electrons. The first-order valence-corrected chi connectivity index (χ1v) is 9.99. The number of carbonyl (C=O) groups excluding carboxylic acids is 1. The van der Waals surface area contributed by atoms with Crippen molar-refractivity contribution in [3.8, 4) is 5.75 Å². The lowest BCUT2D eigenvalue weighted by Gasteiger charge is -2.18. The standard InChI is InChI=1S/C18H20ClFN2O5S/c1-22(28(24,25)14-8-6-13(20)7-9-14)12-17(23)21-16-5-3-4-15(19)18(16)27-11-10-26-2/h3-9H,10-12H2,1-2H3,(H,21,23). The maximum absolute atomic E-state index is 13.0. The zero-order chi connectivity index (χ0) is 20.7. The number of methoxy groups -OCH3 is 1. The maximum atomic E-state index is 13.0. The van der Waals surface area contributed by atoms with Crippen LogP contribution in [0.2, 0.25) is 5.02 Å². The molecule has 0 fully saturated rings. The Morgan fingerprint density at radius 1 is 1.18 bits per heavy atom. The van der Waals surface area contributed by atoms with Crippen molar-refractivity contribution in [2.45, 2.75) is 4.90 Å². The van der Waals surface area contributed by atoms with Crippen LogP contribution in [0.5, 0.6) is 5.75 Å². The zero-order valence-corrected chi connectivity index (χ0v) is 16.9. The van der Waals surface area contributed by atoms with Crippen molar-refractivity contribution in [3.05, 3.63) is 53.3 Å². The van der Waals surface area contributed by atoms with E-state index < -0.39 is 28.3 Å². The van der Waals surface area contributed by atoms with Gasteiger partial charge in [0.1, 0.15) is 12.4 Å². The van der Waals surface area contributed by atoms with Crippen LogP contribution in [0, 0.1) is 5.82 Å². The number of sulfonamides is 1. The first kappa shape index (κ1) is 22.1. The van der Waals surface area contributed by atoms with Gasteiger partial charge in [-0.3, -0.25) is 4.79 Å². The number of hydrogen-bond donors (Lipinski definition) is 1. The molecule has 0 unspecified atom stereocenters. The highest BCUT2D eigenvalue weighted by Crippen LogP contribution is 2.33. The number of hydrogen-bond acceptors (Lipinski definition) is 5. The molecule has 0 spiro atoms. The van der Waals surface area contributed by atoms with Gasteiger partial charge >= 0.3 is 0 Å². The van der Waals surface area contributed by atoms with E-state index in [-0.39, 0.29) is 17.3 Å². The van der Waals surface area contributed by atoms with E-state index in [0.717, 1.165) is 28.6 Å². The van der Waals surface area contributed by atoms with Crippen LogP contribution in [0.15, 0.2) is 47.4 Å². The third kappa shape index (κ3) is 5.65. The SMILES string of the molecule is COCCOc1c(Cl)cccc1NC(=O)CN(C)S(=O)(=O)c1ccc(F)cc1. The molecular formula is C18H20ClFN2O5S. The van der Waals surface area contributed by atoms with Crippen molar-refractivity contribution in [1.29, 1.82) is 0 Å². The molecule has 0 heterocycles. The van der Waals surface area contributed by atoms with Crippen LogP contribution >= 0.6 is 11.6 Å². The highest BCUT2D eigenvalue weighted by atomic mass is 35.5. The molecular weight excluding hydrogens is 411 g/mol. The van der Waals surface area contributed by atoms with Crippen LogP contribution in [-0.2, 0) is 19.6 Å². The largest absolute Gasteiger partial charge is 0.487 e. The van der Waals surface area contributed by atoms with Gasteiger partial charge in [-0.15, -0.1) is 0 Å². The summed E-state index contributed by atoms with van der Waals surface area (Å²) in [4.78, 5) is 12.2. The molecule has 28 heavy (non-hydrogen) atoms. The second-order valence-electron chi connectivity index (χ2n) is 5.72. The first-order valence-electron chi connectivity index (χ1n) is 8.17. The summed E-state index contributed by atoms with van der Waals surface area (Å²) in [6.07, 6.45) is 0. The average Bonchev–Trinajstić information content (AvgIpc) is 2.64. The molecule has 0 aliphatic carbocycles. The van der Waals surface area contributed by atoms with E-state index >= 15 is 0 Å². The molecule has 0 atom stereocenters. The van der Waals surface area contributed by atoms with Gasteiger partial charge < -0.3 is 14.8 Å². The van der Waals surface area contributed by atoms with Crippen LogP contribution in [0.4, 0.5) is 10.1 Å². The predicted octanol–water partition coefficient (Wildman–Crippen LogP) is 2.76. The molecule has 0 aliphatic rings. The Balaban J connectivity index is 2.09. The number of rotatable bonds is 9. The minimum atomic E-state index is -3.95. The Hall–Kier alpha value is -2.20. The minimum absolute atomic E-state index is 0.115. The number of amides is 1. The van der Waals surface area contributed by atoms with Gasteiger partial charge in [0, 0.05) is 14.2 Å². The van der Waals surface area contributed by atoms with E-state index in [4.69, 9.17) is 21.1 Å². The Morgan fingerprint density at radius 3 is 2.50 bits per heavy atom. The molecule has 0 saturated heterocycles. The fourth-order valence-corrected chi connectivity index (χ4v) is 3.60. The minimum Gasteiger partial charge on any atom is -0.487 e. The number of carbonyl (C=O) groups is 1. The highest BCUT2D eigenvalue weighted by molar-refractivity contribution is 7.89. The summed E-state index contributed by atoms with van der Waals surface area (Å²) in [5.74, 6) is -0.882. The third-order valence-corrected chi connectivity index (χ3v) is 5.78. The molecule has 1 amide bonds. The first-order chi connectivity index (χ1) is 13.3. The number of nitrogens with zero attached hydrogens (tertiary/aromatic N) is 1. The molecule has 0 aliphatic heterocycles. The number of nitrogens with one attached hydrogen (secondary N) is 1. The molecule has 152 valence electrons. The van der Waals surface area contributed by atoms with E-state index in [2.05, 4.69) is 5.32 Å². The molecule has 2 aromatic rings. The van der Waals surface area contributed by atoms with Gasteiger partial charge in [-0.05, 0) is 36.4 Å². The second-order valence-corrected chi connectivity index (χ2v) is 8.17. The summed E-state index contributed by atoms with van der Waals surface area (Å²) >= 11 is 6.11. The Labute approximate surface area is 168 Å². The molecule has 0 bridgehead atoms. The van der Waals surface area contributed by atoms with Crippen molar-refractivity contribution in [2.75, 3.05) is 39.2 Å². The maximum Gasteiger partial charge on any atom is 0.243 e. The van der Waals surface area contributed by atoms with Gasteiger partial charge in [0.05, 0.1) is 28.8 Å². The Kier molecular flexibility index (Phi) is 7.76. The Bertz CT molecular complexity index is 922. The van der Waals surface area contributed by atoms with E-state index in [1.54, 1.807) is 18.2 Å². The summed E-state index contributed by atoms with van der Waals surface area (Å²) in [6.45, 7) is 0.100.